The Morgan fingerprint density at radius 1 is 1.15 bits per heavy atom. The van der Waals surface area contributed by atoms with Gasteiger partial charge in [-0.2, -0.15) is 11.8 Å². The lowest BCUT2D eigenvalue weighted by atomic mass is 10.2. The zero-order valence-electron chi connectivity index (χ0n) is 9.71. The second-order valence-electron chi connectivity index (χ2n) is 3.91. The van der Waals surface area contributed by atoms with Crippen molar-refractivity contribution in [2.75, 3.05) is 46.2 Å². The minimum absolute atomic E-state index is 0.703. The lowest BCUT2D eigenvalue weighted by molar-refractivity contribution is 0.239. The second kappa shape index (κ2) is 7.65. The highest BCUT2D eigenvalue weighted by molar-refractivity contribution is 7.98. The molecule has 2 nitrogen and oxygen atoms in total. The molecule has 0 aromatic carbocycles. The Labute approximate surface area is 87.7 Å². The Kier molecular flexibility index (Phi) is 7.81. The molecule has 0 fully saturated rings. The minimum Gasteiger partial charge on any atom is -0.309 e. The Hall–Kier alpha value is 0.270. The first-order valence-corrected chi connectivity index (χ1v) is 6.31. The van der Waals surface area contributed by atoms with Crippen LogP contribution in [0.4, 0.5) is 0 Å². The lowest BCUT2D eigenvalue weighted by Crippen LogP contribution is -2.33. The summed E-state index contributed by atoms with van der Waals surface area (Å²) in [6, 6.07) is 0.703. The number of rotatable bonds is 7. The molecular weight excluding hydrogens is 180 g/mol. The Bertz CT molecular complexity index is 117. The number of hydrogen-bond acceptors (Lipinski definition) is 3. The summed E-state index contributed by atoms with van der Waals surface area (Å²) in [5.74, 6) is 1.24. The van der Waals surface area contributed by atoms with Crippen molar-refractivity contribution in [1.29, 1.82) is 0 Å². The average molecular weight is 204 g/mol. The van der Waals surface area contributed by atoms with Crippen LogP contribution in [-0.4, -0.2) is 62.1 Å². The first kappa shape index (κ1) is 13.3. The molecule has 3 heteroatoms. The van der Waals surface area contributed by atoms with Gasteiger partial charge in [-0.15, -0.1) is 0 Å². The second-order valence-corrected chi connectivity index (χ2v) is 4.90. The van der Waals surface area contributed by atoms with Crippen molar-refractivity contribution in [2.24, 2.45) is 0 Å². The smallest absolute Gasteiger partial charge is 0.00763 e. The van der Waals surface area contributed by atoms with Gasteiger partial charge in [0.1, 0.15) is 0 Å². The summed E-state index contributed by atoms with van der Waals surface area (Å²) in [5.41, 5.74) is 0. The standard InChI is InChI=1S/C10H24N2S/c1-10(6-7-11(2)3)12(4)8-9-13-5/h10H,6-9H2,1-5H3. The van der Waals surface area contributed by atoms with E-state index in [1.165, 1.54) is 25.3 Å². The van der Waals surface area contributed by atoms with Crippen LogP contribution in [0.5, 0.6) is 0 Å². The van der Waals surface area contributed by atoms with E-state index in [1.807, 2.05) is 11.8 Å². The molecule has 0 N–H and O–H groups in total. The van der Waals surface area contributed by atoms with Gasteiger partial charge in [-0.25, -0.2) is 0 Å². The van der Waals surface area contributed by atoms with E-state index in [0.29, 0.717) is 6.04 Å². The Morgan fingerprint density at radius 2 is 1.77 bits per heavy atom. The van der Waals surface area contributed by atoms with Gasteiger partial charge >= 0.3 is 0 Å². The largest absolute Gasteiger partial charge is 0.309 e. The fourth-order valence-electron chi connectivity index (χ4n) is 1.12. The third kappa shape index (κ3) is 7.35. The highest BCUT2D eigenvalue weighted by Gasteiger charge is 2.08. The number of thioether (sulfide) groups is 1. The molecule has 80 valence electrons. The van der Waals surface area contributed by atoms with Crippen molar-refractivity contribution in [2.45, 2.75) is 19.4 Å². The van der Waals surface area contributed by atoms with Crippen LogP contribution in [0.15, 0.2) is 0 Å². The first-order chi connectivity index (χ1) is 6.07. The third-order valence-electron chi connectivity index (χ3n) is 2.39. The maximum absolute atomic E-state index is 2.44. The van der Waals surface area contributed by atoms with Crippen LogP contribution in [-0.2, 0) is 0 Å². The summed E-state index contributed by atoms with van der Waals surface area (Å²) in [4.78, 5) is 4.69. The predicted octanol–water partition coefficient (Wildman–Crippen LogP) is 1.62. The molecule has 0 aliphatic heterocycles. The van der Waals surface area contributed by atoms with Crippen molar-refractivity contribution in [3.8, 4) is 0 Å². The van der Waals surface area contributed by atoms with Gasteiger partial charge in [0, 0.05) is 18.3 Å². The summed E-state index contributed by atoms with van der Waals surface area (Å²) < 4.78 is 0. The highest BCUT2D eigenvalue weighted by atomic mass is 32.2. The van der Waals surface area contributed by atoms with Crippen LogP contribution in [0.2, 0.25) is 0 Å². The summed E-state index contributed by atoms with van der Waals surface area (Å²) in [6.45, 7) is 4.70. The molecule has 1 unspecified atom stereocenters. The van der Waals surface area contributed by atoms with Crippen molar-refractivity contribution in [3.63, 3.8) is 0 Å². The first-order valence-electron chi connectivity index (χ1n) is 4.91. The van der Waals surface area contributed by atoms with Crippen LogP contribution in [0.3, 0.4) is 0 Å². The van der Waals surface area contributed by atoms with Crippen molar-refractivity contribution in [1.82, 2.24) is 9.80 Å². The van der Waals surface area contributed by atoms with Gasteiger partial charge in [0.2, 0.25) is 0 Å². The van der Waals surface area contributed by atoms with Crippen LogP contribution in [0.25, 0.3) is 0 Å². The van der Waals surface area contributed by atoms with Gasteiger partial charge in [-0.05, 0) is 47.3 Å². The highest BCUT2D eigenvalue weighted by Crippen LogP contribution is 2.03. The molecule has 0 rings (SSSR count). The van der Waals surface area contributed by atoms with E-state index in [2.05, 4.69) is 44.1 Å². The molecule has 0 aliphatic rings. The predicted molar refractivity (Wildman–Crippen MR) is 63.6 cm³/mol. The maximum Gasteiger partial charge on any atom is 0.00763 e. The van der Waals surface area contributed by atoms with Gasteiger partial charge < -0.3 is 9.80 Å². The van der Waals surface area contributed by atoms with Crippen molar-refractivity contribution < 1.29 is 0 Å². The fraction of sp³-hybridized carbons (Fsp3) is 1.00. The van der Waals surface area contributed by atoms with Crippen LogP contribution < -0.4 is 0 Å². The van der Waals surface area contributed by atoms with Gasteiger partial charge in [0.05, 0.1) is 0 Å². The molecule has 0 aromatic heterocycles. The zero-order valence-corrected chi connectivity index (χ0v) is 10.5. The van der Waals surface area contributed by atoms with Gasteiger partial charge in [-0.1, -0.05) is 0 Å². The third-order valence-corrected chi connectivity index (χ3v) is 2.99. The molecule has 0 aromatic rings. The van der Waals surface area contributed by atoms with E-state index in [0.717, 1.165) is 0 Å². The molecule has 1 atom stereocenters. The molecule has 0 amide bonds. The molecule has 0 bridgehead atoms. The van der Waals surface area contributed by atoms with Crippen molar-refractivity contribution >= 4 is 11.8 Å². The SMILES string of the molecule is CSCCN(C)C(C)CCN(C)C. The van der Waals surface area contributed by atoms with Gasteiger partial charge in [0.15, 0.2) is 0 Å². The topological polar surface area (TPSA) is 6.48 Å². The number of hydrogen-bond donors (Lipinski definition) is 0. The van der Waals surface area contributed by atoms with E-state index in [1.54, 1.807) is 0 Å². The minimum atomic E-state index is 0.703. The summed E-state index contributed by atoms with van der Waals surface area (Å²) >= 11 is 1.92. The quantitative estimate of drug-likeness (QED) is 0.622. The molecule has 0 heterocycles. The van der Waals surface area contributed by atoms with Gasteiger partial charge in [0.25, 0.3) is 0 Å². The molecule has 0 saturated heterocycles. The van der Waals surface area contributed by atoms with Crippen LogP contribution >= 0.6 is 11.8 Å². The summed E-state index contributed by atoms with van der Waals surface area (Å²) in [7, 11) is 6.49. The molecule has 0 spiro atoms. The lowest BCUT2D eigenvalue weighted by Gasteiger charge is -2.25. The molecule has 13 heavy (non-hydrogen) atoms. The summed E-state index contributed by atoms with van der Waals surface area (Å²) in [5, 5.41) is 0. The number of nitrogens with zero attached hydrogens (tertiary/aromatic N) is 2. The Balaban J connectivity index is 3.50. The van der Waals surface area contributed by atoms with Crippen molar-refractivity contribution in [3.05, 3.63) is 0 Å². The van der Waals surface area contributed by atoms with E-state index in [9.17, 15) is 0 Å². The molecule has 0 radical (unpaired) electrons. The monoisotopic (exact) mass is 204 g/mol. The normalized spacial score (nSPS) is 14.1. The molecular formula is C10H24N2S. The summed E-state index contributed by atoms with van der Waals surface area (Å²) in [6.07, 6.45) is 3.43. The van der Waals surface area contributed by atoms with Gasteiger partial charge in [-0.3, -0.25) is 0 Å². The maximum atomic E-state index is 2.44. The molecule has 0 aliphatic carbocycles. The van der Waals surface area contributed by atoms with E-state index >= 15 is 0 Å². The fourth-order valence-corrected chi connectivity index (χ4v) is 1.59. The zero-order chi connectivity index (χ0) is 10.3. The van der Waals surface area contributed by atoms with Crippen LogP contribution in [0.1, 0.15) is 13.3 Å². The van der Waals surface area contributed by atoms with Crippen LogP contribution in [0, 0.1) is 0 Å². The average Bonchev–Trinajstić information content (AvgIpc) is 2.10. The Morgan fingerprint density at radius 3 is 2.23 bits per heavy atom. The van der Waals surface area contributed by atoms with E-state index < -0.39 is 0 Å². The van der Waals surface area contributed by atoms with E-state index in [4.69, 9.17) is 0 Å². The van der Waals surface area contributed by atoms with E-state index in [-0.39, 0.29) is 0 Å². The molecule has 0 saturated carbocycles.